The summed E-state index contributed by atoms with van der Waals surface area (Å²) < 4.78 is 26.3. The second kappa shape index (κ2) is 6.39. The minimum atomic E-state index is -3.48. The van der Waals surface area contributed by atoms with E-state index in [1.165, 1.54) is 22.6 Å². The molecule has 0 amide bonds. The average Bonchev–Trinajstić information content (AvgIpc) is 2.41. The second-order valence-electron chi connectivity index (χ2n) is 5.35. The summed E-state index contributed by atoms with van der Waals surface area (Å²) in [5, 5.41) is 0.193. The third-order valence-corrected chi connectivity index (χ3v) is 5.79. The summed E-state index contributed by atoms with van der Waals surface area (Å²) in [5.74, 6) is 0.420. The van der Waals surface area contributed by atoms with Gasteiger partial charge in [-0.15, -0.1) is 0 Å². The van der Waals surface area contributed by atoms with Gasteiger partial charge in [0.05, 0.1) is 4.90 Å². The van der Waals surface area contributed by atoms with Crippen molar-refractivity contribution < 1.29 is 8.42 Å². The largest absolute Gasteiger partial charge is 0.306 e. The summed E-state index contributed by atoms with van der Waals surface area (Å²) in [4.78, 5) is 6.29. The van der Waals surface area contributed by atoms with Crippen LogP contribution in [-0.2, 0) is 10.0 Å². The first-order chi connectivity index (χ1) is 9.39. The number of nitrogens with zero attached hydrogens (tertiary/aromatic N) is 3. The lowest BCUT2D eigenvalue weighted by Gasteiger charge is -2.31. The zero-order valence-electron chi connectivity index (χ0n) is 11.8. The van der Waals surface area contributed by atoms with Crippen LogP contribution in [0.5, 0.6) is 0 Å². The summed E-state index contributed by atoms with van der Waals surface area (Å²) in [6.45, 7) is 2.61. The van der Waals surface area contributed by atoms with Crippen molar-refractivity contribution in [1.29, 1.82) is 0 Å². The Morgan fingerprint density at radius 3 is 2.70 bits per heavy atom. The Kier molecular flexibility index (Phi) is 5.01. The maximum atomic E-state index is 12.5. The van der Waals surface area contributed by atoms with Crippen LogP contribution in [0.4, 0.5) is 0 Å². The maximum absolute atomic E-state index is 12.5. The summed E-state index contributed by atoms with van der Waals surface area (Å²) in [7, 11) is 0.241. The Morgan fingerprint density at radius 1 is 1.45 bits per heavy atom. The van der Waals surface area contributed by atoms with E-state index in [1.807, 2.05) is 0 Å². The molecular weight excluding hydrogens is 298 g/mol. The molecule has 20 heavy (non-hydrogen) atoms. The quantitative estimate of drug-likeness (QED) is 0.793. The number of halogens is 1. The van der Waals surface area contributed by atoms with Crippen molar-refractivity contribution in [3.05, 3.63) is 23.5 Å². The van der Waals surface area contributed by atoms with E-state index < -0.39 is 10.0 Å². The summed E-state index contributed by atoms with van der Waals surface area (Å²) in [5.41, 5.74) is 0. The average molecular weight is 318 g/mol. The van der Waals surface area contributed by atoms with Crippen LogP contribution in [-0.4, -0.2) is 56.3 Å². The predicted octanol–water partition coefficient (Wildman–Crippen LogP) is 1.70. The van der Waals surface area contributed by atoms with Crippen LogP contribution < -0.4 is 0 Å². The van der Waals surface area contributed by atoms with Crippen molar-refractivity contribution in [2.75, 3.05) is 33.7 Å². The van der Waals surface area contributed by atoms with Gasteiger partial charge in [-0.3, -0.25) is 0 Å². The van der Waals surface area contributed by atoms with Gasteiger partial charge < -0.3 is 4.90 Å². The van der Waals surface area contributed by atoms with Crippen LogP contribution in [0.15, 0.2) is 23.2 Å². The van der Waals surface area contributed by atoms with E-state index in [0.29, 0.717) is 12.5 Å². The number of likely N-dealkylation sites (tertiary alicyclic amines) is 1. The van der Waals surface area contributed by atoms with E-state index in [-0.39, 0.29) is 10.0 Å². The highest BCUT2D eigenvalue weighted by Crippen LogP contribution is 2.21. The Morgan fingerprint density at radius 2 is 2.10 bits per heavy atom. The monoisotopic (exact) mass is 317 g/mol. The Labute approximate surface area is 125 Å². The van der Waals surface area contributed by atoms with Gasteiger partial charge >= 0.3 is 0 Å². The third kappa shape index (κ3) is 3.69. The number of pyridine rings is 1. The van der Waals surface area contributed by atoms with Crippen LogP contribution in [0, 0.1) is 5.92 Å². The fourth-order valence-electron chi connectivity index (χ4n) is 2.43. The first-order valence-electron chi connectivity index (χ1n) is 6.66. The molecule has 1 fully saturated rings. The van der Waals surface area contributed by atoms with Gasteiger partial charge in [-0.2, -0.15) is 0 Å². The maximum Gasteiger partial charge on any atom is 0.242 e. The van der Waals surface area contributed by atoms with Crippen LogP contribution in [0.1, 0.15) is 12.8 Å². The first kappa shape index (κ1) is 15.7. The molecule has 1 aromatic rings. The lowest BCUT2D eigenvalue weighted by Crippen LogP contribution is -2.37. The lowest BCUT2D eigenvalue weighted by atomic mass is 9.97. The summed E-state index contributed by atoms with van der Waals surface area (Å²) >= 11 is 5.76. The van der Waals surface area contributed by atoms with Crippen molar-refractivity contribution >= 4 is 21.6 Å². The Balaban J connectivity index is 2.06. The van der Waals surface area contributed by atoms with Gasteiger partial charge in [0.2, 0.25) is 10.0 Å². The molecule has 7 heteroatoms. The number of rotatable bonds is 4. The molecule has 0 atom stereocenters. The molecule has 0 radical (unpaired) electrons. The molecule has 0 aliphatic carbocycles. The van der Waals surface area contributed by atoms with Crippen molar-refractivity contribution in [1.82, 2.24) is 14.2 Å². The van der Waals surface area contributed by atoms with Crippen molar-refractivity contribution in [3.8, 4) is 0 Å². The predicted molar refractivity (Wildman–Crippen MR) is 79.3 cm³/mol. The minimum Gasteiger partial charge on any atom is -0.306 e. The lowest BCUT2D eigenvalue weighted by molar-refractivity contribution is 0.202. The highest BCUT2D eigenvalue weighted by Gasteiger charge is 2.25. The van der Waals surface area contributed by atoms with E-state index in [9.17, 15) is 8.42 Å². The normalized spacial score (nSPS) is 18.6. The molecule has 2 rings (SSSR count). The molecule has 1 saturated heterocycles. The molecule has 0 spiro atoms. The van der Waals surface area contributed by atoms with E-state index in [4.69, 9.17) is 11.6 Å². The molecule has 5 nitrogen and oxygen atoms in total. The van der Waals surface area contributed by atoms with E-state index in [0.717, 1.165) is 25.9 Å². The molecule has 1 aliphatic rings. The number of sulfonamides is 1. The fraction of sp³-hybridized carbons (Fsp3) is 0.615. The Bertz CT molecular complexity index is 556. The number of aromatic nitrogens is 1. The summed E-state index contributed by atoms with van der Waals surface area (Å²) in [6, 6.07) is 2.87. The van der Waals surface area contributed by atoms with Gasteiger partial charge in [-0.05, 0) is 51.0 Å². The molecule has 0 bridgehead atoms. The van der Waals surface area contributed by atoms with E-state index >= 15 is 0 Å². The Hall–Kier alpha value is -0.690. The highest BCUT2D eigenvalue weighted by atomic mass is 35.5. The molecule has 0 unspecified atom stereocenters. The van der Waals surface area contributed by atoms with Crippen molar-refractivity contribution in [3.63, 3.8) is 0 Å². The molecule has 112 valence electrons. The molecule has 1 aromatic heterocycles. The second-order valence-corrected chi connectivity index (χ2v) is 7.78. The van der Waals surface area contributed by atoms with Gasteiger partial charge in [0.25, 0.3) is 0 Å². The SMILES string of the molecule is CN1CCC(CN(C)S(=O)(=O)c2ccnc(Cl)c2)CC1. The summed E-state index contributed by atoms with van der Waals surface area (Å²) in [6.07, 6.45) is 3.49. The van der Waals surface area contributed by atoms with Crippen LogP contribution in [0.3, 0.4) is 0 Å². The van der Waals surface area contributed by atoms with Crippen molar-refractivity contribution in [2.24, 2.45) is 5.92 Å². The molecule has 0 aromatic carbocycles. The van der Waals surface area contributed by atoms with Gasteiger partial charge in [0.1, 0.15) is 5.15 Å². The number of hydrogen-bond acceptors (Lipinski definition) is 4. The topological polar surface area (TPSA) is 53.5 Å². The molecule has 0 saturated carbocycles. The first-order valence-corrected chi connectivity index (χ1v) is 8.48. The van der Waals surface area contributed by atoms with Gasteiger partial charge in [0, 0.05) is 19.8 Å². The zero-order chi connectivity index (χ0) is 14.8. The molecular formula is C13H20ClN3O2S. The van der Waals surface area contributed by atoms with E-state index in [2.05, 4.69) is 16.9 Å². The van der Waals surface area contributed by atoms with Gasteiger partial charge in [-0.1, -0.05) is 11.6 Å². The molecule has 2 heterocycles. The third-order valence-electron chi connectivity index (χ3n) is 3.76. The molecule has 1 aliphatic heterocycles. The smallest absolute Gasteiger partial charge is 0.242 e. The molecule has 0 N–H and O–H groups in total. The highest BCUT2D eigenvalue weighted by molar-refractivity contribution is 7.89. The fourth-order valence-corrected chi connectivity index (χ4v) is 3.93. The van der Waals surface area contributed by atoms with Gasteiger partial charge in [-0.25, -0.2) is 17.7 Å². The number of hydrogen-bond donors (Lipinski definition) is 0. The van der Waals surface area contributed by atoms with E-state index in [1.54, 1.807) is 7.05 Å². The standard InChI is InChI=1S/C13H20ClN3O2S/c1-16-7-4-11(5-8-16)10-17(2)20(18,19)12-3-6-15-13(14)9-12/h3,6,9,11H,4-5,7-8,10H2,1-2H3. The minimum absolute atomic E-state index is 0.193. The van der Waals surface area contributed by atoms with Crippen LogP contribution in [0.2, 0.25) is 5.15 Å². The van der Waals surface area contributed by atoms with Crippen molar-refractivity contribution in [2.45, 2.75) is 17.7 Å². The van der Waals surface area contributed by atoms with Crippen LogP contribution in [0.25, 0.3) is 0 Å². The van der Waals surface area contributed by atoms with Crippen LogP contribution >= 0.6 is 11.6 Å². The zero-order valence-corrected chi connectivity index (χ0v) is 13.4. The van der Waals surface area contributed by atoms with Gasteiger partial charge in [0.15, 0.2) is 0 Å². The number of piperidine rings is 1.